The van der Waals surface area contributed by atoms with Crippen molar-refractivity contribution < 1.29 is 4.79 Å². The van der Waals surface area contributed by atoms with Crippen LogP contribution < -0.4 is 0 Å². The lowest BCUT2D eigenvalue weighted by atomic mass is 9.90. The minimum atomic E-state index is 0.0880. The van der Waals surface area contributed by atoms with Gasteiger partial charge in [-0.1, -0.05) is 20.8 Å². The third-order valence-corrected chi connectivity index (χ3v) is 3.68. The van der Waals surface area contributed by atoms with E-state index in [2.05, 4.69) is 30.3 Å². The number of carbonyl (C=O) groups excluding carboxylic acids is 1. The quantitative estimate of drug-likeness (QED) is 0.840. The fraction of sp³-hybridized carbons (Fsp3) is 0.733. The molecule has 1 aromatic rings. The first-order valence-electron chi connectivity index (χ1n) is 7.17. The second-order valence-electron chi connectivity index (χ2n) is 6.82. The molecule has 0 N–H and O–H groups in total. The maximum absolute atomic E-state index is 12.1. The van der Waals surface area contributed by atoms with E-state index in [-0.39, 0.29) is 5.41 Å². The molecule has 1 aliphatic heterocycles. The van der Waals surface area contributed by atoms with Crippen LogP contribution in [-0.2, 0) is 11.3 Å². The SMILES string of the molecule is CC(C)(C)CC(=O)N1CCC(Cn2ccnc2)CC1. The van der Waals surface area contributed by atoms with E-state index in [4.69, 9.17) is 0 Å². The van der Waals surface area contributed by atoms with E-state index in [0.29, 0.717) is 18.2 Å². The van der Waals surface area contributed by atoms with E-state index in [1.807, 2.05) is 23.6 Å². The molecule has 19 heavy (non-hydrogen) atoms. The average molecular weight is 263 g/mol. The van der Waals surface area contributed by atoms with Gasteiger partial charge in [0, 0.05) is 38.4 Å². The molecule has 2 heterocycles. The number of amides is 1. The number of hydrogen-bond donors (Lipinski definition) is 0. The number of piperidine rings is 1. The first kappa shape index (κ1) is 14.1. The van der Waals surface area contributed by atoms with Gasteiger partial charge in [-0.3, -0.25) is 4.79 Å². The minimum Gasteiger partial charge on any atom is -0.343 e. The zero-order valence-corrected chi connectivity index (χ0v) is 12.3. The molecular formula is C15H25N3O. The zero-order valence-electron chi connectivity index (χ0n) is 12.3. The summed E-state index contributed by atoms with van der Waals surface area (Å²) >= 11 is 0. The van der Waals surface area contributed by atoms with Crippen LogP contribution in [-0.4, -0.2) is 33.4 Å². The van der Waals surface area contributed by atoms with E-state index < -0.39 is 0 Å². The van der Waals surface area contributed by atoms with Crippen LogP contribution in [0.3, 0.4) is 0 Å². The van der Waals surface area contributed by atoms with Gasteiger partial charge in [0.05, 0.1) is 6.33 Å². The Balaban J connectivity index is 1.77. The van der Waals surface area contributed by atoms with Crippen molar-refractivity contribution in [1.82, 2.24) is 14.5 Å². The summed E-state index contributed by atoms with van der Waals surface area (Å²) in [5.74, 6) is 0.987. The largest absolute Gasteiger partial charge is 0.343 e. The molecule has 4 heteroatoms. The van der Waals surface area contributed by atoms with E-state index in [1.54, 1.807) is 0 Å². The monoisotopic (exact) mass is 263 g/mol. The topological polar surface area (TPSA) is 38.1 Å². The lowest BCUT2D eigenvalue weighted by molar-refractivity contribution is -0.134. The van der Waals surface area contributed by atoms with E-state index >= 15 is 0 Å². The fourth-order valence-electron chi connectivity index (χ4n) is 2.62. The first-order valence-corrected chi connectivity index (χ1v) is 7.17. The number of imidazole rings is 1. The van der Waals surface area contributed by atoms with Gasteiger partial charge < -0.3 is 9.47 Å². The molecule has 0 aromatic carbocycles. The molecule has 0 aliphatic carbocycles. The van der Waals surface area contributed by atoms with Crippen LogP contribution in [0.1, 0.15) is 40.0 Å². The van der Waals surface area contributed by atoms with Crippen molar-refractivity contribution in [2.24, 2.45) is 11.3 Å². The van der Waals surface area contributed by atoms with Gasteiger partial charge in [-0.2, -0.15) is 0 Å². The summed E-state index contributed by atoms with van der Waals surface area (Å²) < 4.78 is 2.14. The lowest BCUT2D eigenvalue weighted by Gasteiger charge is -2.33. The van der Waals surface area contributed by atoms with Crippen LogP contribution in [0.25, 0.3) is 0 Å². The molecule has 1 amide bonds. The summed E-state index contributed by atoms with van der Waals surface area (Å²) in [6.45, 7) is 9.22. The Morgan fingerprint density at radius 1 is 1.32 bits per heavy atom. The predicted molar refractivity (Wildman–Crippen MR) is 75.6 cm³/mol. The third-order valence-electron chi connectivity index (χ3n) is 3.68. The molecule has 0 radical (unpaired) electrons. The number of hydrogen-bond acceptors (Lipinski definition) is 2. The Bertz CT molecular complexity index is 398. The van der Waals surface area contributed by atoms with Gasteiger partial charge in [-0.05, 0) is 24.2 Å². The molecule has 1 fully saturated rings. The lowest BCUT2D eigenvalue weighted by Crippen LogP contribution is -2.40. The summed E-state index contributed by atoms with van der Waals surface area (Å²) in [4.78, 5) is 18.3. The summed E-state index contributed by atoms with van der Waals surface area (Å²) in [7, 11) is 0. The highest BCUT2D eigenvalue weighted by Gasteiger charge is 2.25. The molecule has 0 bridgehead atoms. The maximum Gasteiger partial charge on any atom is 0.223 e. The Kier molecular flexibility index (Phi) is 4.27. The molecule has 4 nitrogen and oxygen atoms in total. The predicted octanol–water partition coefficient (Wildman–Crippen LogP) is 2.56. The maximum atomic E-state index is 12.1. The molecule has 1 saturated heterocycles. The van der Waals surface area contributed by atoms with Crippen molar-refractivity contribution in [3.05, 3.63) is 18.7 Å². The Labute approximate surface area is 115 Å². The van der Waals surface area contributed by atoms with Gasteiger partial charge in [0.15, 0.2) is 0 Å². The number of aromatic nitrogens is 2. The molecular weight excluding hydrogens is 238 g/mol. The summed E-state index contributed by atoms with van der Waals surface area (Å²) in [5.41, 5.74) is 0.0880. The highest BCUT2D eigenvalue weighted by molar-refractivity contribution is 5.76. The smallest absolute Gasteiger partial charge is 0.223 e. The molecule has 0 saturated carbocycles. The minimum absolute atomic E-state index is 0.0880. The van der Waals surface area contributed by atoms with Gasteiger partial charge >= 0.3 is 0 Å². The summed E-state index contributed by atoms with van der Waals surface area (Å²) in [6.07, 6.45) is 8.57. The average Bonchev–Trinajstić information content (AvgIpc) is 2.80. The van der Waals surface area contributed by atoms with Crippen LogP contribution in [0.4, 0.5) is 0 Å². The second kappa shape index (κ2) is 5.76. The van der Waals surface area contributed by atoms with Crippen LogP contribution in [0.15, 0.2) is 18.7 Å². The van der Waals surface area contributed by atoms with E-state index in [9.17, 15) is 4.79 Å². The molecule has 1 aliphatic rings. The van der Waals surface area contributed by atoms with Crippen LogP contribution in [0, 0.1) is 11.3 Å². The number of nitrogens with zero attached hydrogens (tertiary/aromatic N) is 3. The second-order valence-corrected chi connectivity index (χ2v) is 6.82. The van der Waals surface area contributed by atoms with Crippen molar-refractivity contribution in [1.29, 1.82) is 0 Å². The third kappa shape index (κ3) is 4.37. The summed E-state index contributed by atoms with van der Waals surface area (Å²) in [6, 6.07) is 0. The van der Waals surface area contributed by atoms with Gasteiger partial charge in [0.2, 0.25) is 5.91 Å². The Morgan fingerprint density at radius 2 is 2.00 bits per heavy atom. The van der Waals surface area contributed by atoms with Crippen molar-refractivity contribution in [2.75, 3.05) is 13.1 Å². The number of rotatable bonds is 3. The highest BCUT2D eigenvalue weighted by Crippen LogP contribution is 2.24. The molecule has 2 rings (SSSR count). The number of carbonyl (C=O) groups is 1. The van der Waals surface area contributed by atoms with E-state index in [1.165, 1.54) is 0 Å². The van der Waals surface area contributed by atoms with Crippen molar-refractivity contribution in [2.45, 2.75) is 46.6 Å². The molecule has 0 atom stereocenters. The van der Waals surface area contributed by atoms with Gasteiger partial charge in [-0.25, -0.2) is 4.98 Å². The molecule has 0 spiro atoms. The van der Waals surface area contributed by atoms with Crippen LogP contribution >= 0.6 is 0 Å². The van der Waals surface area contributed by atoms with Crippen molar-refractivity contribution >= 4 is 5.91 Å². The van der Waals surface area contributed by atoms with Crippen LogP contribution in [0.5, 0.6) is 0 Å². The van der Waals surface area contributed by atoms with Crippen molar-refractivity contribution in [3.8, 4) is 0 Å². The van der Waals surface area contributed by atoms with Gasteiger partial charge in [0.1, 0.15) is 0 Å². The first-order chi connectivity index (χ1) is 8.94. The molecule has 106 valence electrons. The van der Waals surface area contributed by atoms with E-state index in [0.717, 1.165) is 32.5 Å². The normalized spacial score (nSPS) is 17.7. The van der Waals surface area contributed by atoms with Crippen molar-refractivity contribution in [3.63, 3.8) is 0 Å². The summed E-state index contributed by atoms with van der Waals surface area (Å²) in [5, 5.41) is 0. The Morgan fingerprint density at radius 3 is 2.53 bits per heavy atom. The number of likely N-dealkylation sites (tertiary alicyclic amines) is 1. The Hall–Kier alpha value is -1.32. The standard InChI is InChI=1S/C15H25N3O/c1-15(2,3)10-14(19)18-7-4-13(5-8-18)11-17-9-6-16-12-17/h6,9,12-13H,4-5,7-8,10-11H2,1-3H3. The zero-order chi connectivity index (χ0) is 13.9. The molecule has 0 unspecified atom stereocenters. The highest BCUT2D eigenvalue weighted by atomic mass is 16.2. The van der Waals surface area contributed by atoms with Crippen LogP contribution in [0.2, 0.25) is 0 Å². The van der Waals surface area contributed by atoms with Gasteiger partial charge in [-0.15, -0.1) is 0 Å². The molecule has 1 aromatic heterocycles. The van der Waals surface area contributed by atoms with Gasteiger partial charge in [0.25, 0.3) is 0 Å². The fourth-order valence-corrected chi connectivity index (χ4v) is 2.62.